The summed E-state index contributed by atoms with van der Waals surface area (Å²) in [7, 11) is 0. The maximum Gasteiger partial charge on any atom is 0.241 e. The molecule has 21 heavy (non-hydrogen) atoms. The number of aryl methyl sites for hydroxylation is 1. The first-order valence-corrected chi connectivity index (χ1v) is 7.61. The molecule has 0 radical (unpaired) electrons. The number of nitrogens with one attached hydrogen (secondary N) is 1. The Morgan fingerprint density at radius 1 is 1.19 bits per heavy atom. The van der Waals surface area contributed by atoms with Gasteiger partial charge in [0, 0.05) is 5.69 Å². The van der Waals surface area contributed by atoms with Crippen molar-refractivity contribution in [3.8, 4) is 0 Å². The molecule has 2 heterocycles. The smallest absolute Gasteiger partial charge is 0.241 e. The fourth-order valence-electron chi connectivity index (χ4n) is 3.35. The third-order valence-electron chi connectivity index (χ3n) is 4.69. The number of hydrogen-bond donors (Lipinski definition) is 2. The Morgan fingerprint density at radius 2 is 1.90 bits per heavy atom. The van der Waals surface area contributed by atoms with Crippen molar-refractivity contribution in [1.29, 1.82) is 0 Å². The van der Waals surface area contributed by atoms with Gasteiger partial charge in [0.15, 0.2) is 0 Å². The van der Waals surface area contributed by atoms with Crippen LogP contribution < -0.4 is 11.1 Å². The summed E-state index contributed by atoms with van der Waals surface area (Å²) in [6.07, 6.45) is 4.12. The molecule has 0 aromatic heterocycles. The molecule has 3 N–H and O–H groups in total. The number of amides is 1. The van der Waals surface area contributed by atoms with Crippen LogP contribution in [-0.4, -0.2) is 36.5 Å². The minimum absolute atomic E-state index is 0. The largest absolute Gasteiger partial charge is 0.330 e. The summed E-state index contributed by atoms with van der Waals surface area (Å²) >= 11 is 0. The first-order chi connectivity index (χ1) is 9.78. The van der Waals surface area contributed by atoms with Crippen LogP contribution in [0.15, 0.2) is 24.3 Å². The van der Waals surface area contributed by atoms with Crippen molar-refractivity contribution < 1.29 is 4.79 Å². The van der Waals surface area contributed by atoms with Crippen LogP contribution in [0.5, 0.6) is 0 Å². The first kappa shape index (κ1) is 16.3. The minimum Gasteiger partial charge on any atom is -0.330 e. The van der Waals surface area contributed by atoms with Gasteiger partial charge in [0.1, 0.15) is 0 Å². The van der Waals surface area contributed by atoms with Crippen molar-refractivity contribution >= 4 is 24.0 Å². The Hall–Kier alpha value is -1.10. The molecule has 1 fully saturated rings. The van der Waals surface area contributed by atoms with Gasteiger partial charge < -0.3 is 11.1 Å². The standard InChI is InChI=1S/C16H23N3O.ClH/c17-11-12-7-9-19(10-8-12)15-6-5-13-3-1-2-4-14(13)18-16(15)20;/h1-4,12,15H,5-11,17H2,(H,18,20);1H. The van der Waals surface area contributed by atoms with E-state index < -0.39 is 0 Å². The van der Waals surface area contributed by atoms with Gasteiger partial charge in [-0.2, -0.15) is 0 Å². The van der Waals surface area contributed by atoms with Gasteiger partial charge in [-0.3, -0.25) is 9.69 Å². The molecule has 116 valence electrons. The molecule has 1 saturated heterocycles. The lowest BCUT2D eigenvalue weighted by molar-refractivity contribution is -0.122. The molecule has 1 unspecified atom stereocenters. The van der Waals surface area contributed by atoms with E-state index >= 15 is 0 Å². The Bertz CT molecular complexity index is 486. The molecule has 4 nitrogen and oxygen atoms in total. The molecular formula is C16H24ClN3O. The van der Waals surface area contributed by atoms with E-state index in [1.807, 2.05) is 18.2 Å². The van der Waals surface area contributed by atoms with Gasteiger partial charge in [-0.25, -0.2) is 0 Å². The second-order valence-electron chi connectivity index (χ2n) is 5.92. The van der Waals surface area contributed by atoms with E-state index in [0.717, 1.165) is 51.0 Å². The summed E-state index contributed by atoms with van der Waals surface area (Å²) in [5, 5.41) is 3.09. The summed E-state index contributed by atoms with van der Waals surface area (Å²) < 4.78 is 0. The number of para-hydroxylation sites is 1. The van der Waals surface area contributed by atoms with Crippen LogP contribution in [0.25, 0.3) is 0 Å². The number of benzene rings is 1. The third kappa shape index (κ3) is 3.57. The van der Waals surface area contributed by atoms with E-state index in [9.17, 15) is 4.79 Å². The lowest BCUT2D eigenvalue weighted by atomic mass is 9.95. The van der Waals surface area contributed by atoms with Crippen LogP contribution in [0.4, 0.5) is 5.69 Å². The van der Waals surface area contributed by atoms with E-state index in [4.69, 9.17) is 5.73 Å². The molecule has 5 heteroatoms. The zero-order valence-electron chi connectivity index (χ0n) is 12.3. The SMILES string of the molecule is Cl.NCC1CCN(C2CCc3ccccc3NC2=O)CC1. The molecule has 1 aromatic carbocycles. The highest BCUT2D eigenvalue weighted by molar-refractivity contribution is 5.96. The van der Waals surface area contributed by atoms with Crippen LogP contribution in [0, 0.1) is 5.92 Å². The molecule has 3 rings (SSSR count). The van der Waals surface area contributed by atoms with E-state index in [1.165, 1.54) is 5.56 Å². The second-order valence-corrected chi connectivity index (χ2v) is 5.92. The van der Waals surface area contributed by atoms with Crippen molar-refractivity contribution in [3.05, 3.63) is 29.8 Å². The molecule has 1 amide bonds. The van der Waals surface area contributed by atoms with Gasteiger partial charge >= 0.3 is 0 Å². The number of hydrogen-bond acceptors (Lipinski definition) is 3. The van der Waals surface area contributed by atoms with Gasteiger partial charge in [-0.05, 0) is 62.9 Å². The van der Waals surface area contributed by atoms with Gasteiger partial charge in [0.25, 0.3) is 0 Å². The third-order valence-corrected chi connectivity index (χ3v) is 4.69. The fourth-order valence-corrected chi connectivity index (χ4v) is 3.35. The lowest BCUT2D eigenvalue weighted by Crippen LogP contribution is -2.48. The number of anilines is 1. The maximum atomic E-state index is 12.4. The fraction of sp³-hybridized carbons (Fsp3) is 0.562. The molecule has 0 bridgehead atoms. The topological polar surface area (TPSA) is 58.4 Å². The Morgan fingerprint density at radius 3 is 2.62 bits per heavy atom. The van der Waals surface area contributed by atoms with Crippen LogP contribution in [0.1, 0.15) is 24.8 Å². The predicted octanol–water partition coefficient (Wildman–Crippen LogP) is 2.03. The highest BCUT2D eigenvalue weighted by atomic mass is 35.5. The quantitative estimate of drug-likeness (QED) is 0.879. The van der Waals surface area contributed by atoms with Crippen LogP contribution in [-0.2, 0) is 11.2 Å². The van der Waals surface area contributed by atoms with E-state index in [2.05, 4.69) is 16.3 Å². The maximum absolute atomic E-state index is 12.4. The number of likely N-dealkylation sites (tertiary alicyclic amines) is 1. The molecule has 0 spiro atoms. The van der Waals surface area contributed by atoms with E-state index in [1.54, 1.807) is 0 Å². The number of carbonyl (C=O) groups excluding carboxylic acids is 1. The Balaban J connectivity index is 0.00000161. The van der Waals surface area contributed by atoms with Crippen LogP contribution in [0.2, 0.25) is 0 Å². The van der Waals surface area contributed by atoms with Crippen molar-refractivity contribution in [3.63, 3.8) is 0 Å². The number of carbonyl (C=O) groups is 1. The van der Waals surface area contributed by atoms with E-state index in [-0.39, 0.29) is 24.4 Å². The van der Waals surface area contributed by atoms with Gasteiger partial charge in [0.05, 0.1) is 6.04 Å². The Kier molecular flexibility index (Phi) is 5.62. The molecule has 2 aliphatic heterocycles. The lowest BCUT2D eigenvalue weighted by Gasteiger charge is -2.35. The average molecular weight is 310 g/mol. The van der Waals surface area contributed by atoms with Gasteiger partial charge in [-0.15, -0.1) is 12.4 Å². The van der Waals surface area contributed by atoms with Gasteiger partial charge in [-0.1, -0.05) is 18.2 Å². The van der Waals surface area contributed by atoms with Gasteiger partial charge in [0.2, 0.25) is 5.91 Å². The first-order valence-electron chi connectivity index (χ1n) is 7.61. The molecule has 0 saturated carbocycles. The normalized spacial score (nSPS) is 23.7. The summed E-state index contributed by atoms with van der Waals surface area (Å²) in [5.41, 5.74) is 7.97. The Labute approximate surface area is 132 Å². The summed E-state index contributed by atoms with van der Waals surface area (Å²) in [4.78, 5) is 14.8. The number of nitrogens with zero attached hydrogens (tertiary/aromatic N) is 1. The molecule has 1 aromatic rings. The van der Waals surface area contributed by atoms with Crippen molar-refractivity contribution in [2.24, 2.45) is 11.7 Å². The number of fused-ring (bicyclic) bond motifs is 1. The number of nitrogens with two attached hydrogens (primary N) is 1. The zero-order valence-corrected chi connectivity index (χ0v) is 13.1. The highest BCUT2D eigenvalue weighted by Gasteiger charge is 2.31. The zero-order chi connectivity index (χ0) is 13.9. The van der Waals surface area contributed by atoms with E-state index in [0.29, 0.717) is 5.92 Å². The molecule has 1 atom stereocenters. The summed E-state index contributed by atoms with van der Waals surface area (Å²) in [6, 6.07) is 8.14. The van der Waals surface area contributed by atoms with Crippen molar-refractivity contribution in [1.82, 2.24) is 4.90 Å². The summed E-state index contributed by atoms with van der Waals surface area (Å²) in [5.74, 6) is 0.790. The van der Waals surface area contributed by atoms with Crippen molar-refractivity contribution in [2.75, 3.05) is 25.0 Å². The monoisotopic (exact) mass is 309 g/mol. The summed E-state index contributed by atoms with van der Waals surface area (Å²) in [6.45, 7) is 2.77. The van der Waals surface area contributed by atoms with Crippen LogP contribution in [0.3, 0.4) is 0 Å². The number of rotatable bonds is 2. The molecule has 2 aliphatic rings. The second kappa shape index (κ2) is 7.25. The number of halogens is 1. The van der Waals surface area contributed by atoms with Crippen LogP contribution >= 0.6 is 12.4 Å². The van der Waals surface area contributed by atoms with Crippen molar-refractivity contribution in [2.45, 2.75) is 31.7 Å². The minimum atomic E-state index is 0. The molecular weight excluding hydrogens is 286 g/mol. The number of piperidine rings is 1. The average Bonchev–Trinajstić information content (AvgIpc) is 2.66. The molecule has 0 aliphatic carbocycles. The predicted molar refractivity (Wildman–Crippen MR) is 87.8 cm³/mol. The highest BCUT2D eigenvalue weighted by Crippen LogP contribution is 2.26.